The normalized spacial score (nSPS) is 23.7. The molecule has 38 heavy (non-hydrogen) atoms. The van der Waals surface area contributed by atoms with Crippen LogP contribution < -0.4 is 5.32 Å². The zero-order valence-corrected chi connectivity index (χ0v) is 23.5. The first-order chi connectivity index (χ1) is 18.1. The monoisotopic (exact) mass is 534 g/mol. The zero-order valence-electron chi connectivity index (χ0n) is 23.5. The van der Waals surface area contributed by atoms with Gasteiger partial charge in [-0.15, -0.1) is 5.10 Å². The molecule has 0 radical (unpaired) electrons. The molecule has 1 aromatic heterocycles. The number of hydrogen-bond donors (Lipinski definition) is 1. The van der Waals surface area contributed by atoms with E-state index in [1.165, 1.54) is 0 Å². The number of hydrogen-bond acceptors (Lipinski definition) is 8. The summed E-state index contributed by atoms with van der Waals surface area (Å²) in [5, 5.41) is 6.96. The molecule has 0 aliphatic carbocycles. The molecule has 1 N–H and O–H groups in total. The smallest absolute Gasteiger partial charge is 0.435 e. The molecule has 2 saturated heterocycles. The number of anilines is 1. The Morgan fingerprint density at radius 2 is 1.74 bits per heavy atom. The minimum atomic E-state index is -0.872. The fraction of sp³-hybridized carbons (Fsp3) is 0.769. The molecule has 1 aromatic rings. The minimum Gasteiger partial charge on any atom is -0.450 e. The van der Waals surface area contributed by atoms with Gasteiger partial charge in [0.25, 0.3) is 0 Å². The molecule has 0 aromatic carbocycles. The molecule has 212 valence electrons. The maximum atomic E-state index is 14.0. The van der Waals surface area contributed by atoms with Crippen LogP contribution in [-0.2, 0) is 26.3 Å². The first kappa shape index (κ1) is 28.2. The van der Waals surface area contributed by atoms with E-state index >= 15 is 0 Å². The number of piperazine rings is 1. The van der Waals surface area contributed by atoms with Crippen LogP contribution >= 0.6 is 0 Å². The quantitative estimate of drug-likeness (QED) is 0.610. The van der Waals surface area contributed by atoms with Gasteiger partial charge in [0.15, 0.2) is 5.82 Å². The topological polar surface area (TPSA) is 118 Å². The van der Waals surface area contributed by atoms with Crippen molar-refractivity contribution in [3.05, 3.63) is 11.3 Å². The highest BCUT2D eigenvalue weighted by Crippen LogP contribution is 2.43. The third kappa shape index (κ3) is 5.47. The van der Waals surface area contributed by atoms with E-state index in [0.29, 0.717) is 23.7 Å². The summed E-state index contributed by atoms with van der Waals surface area (Å²) in [5.41, 5.74) is 0.251. The Labute approximate surface area is 224 Å². The summed E-state index contributed by atoms with van der Waals surface area (Å²) in [7, 11) is 0. The van der Waals surface area contributed by atoms with Crippen molar-refractivity contribution in [2.75, 3.05) is 51.4 Å². The summed E-state index contributed by atoms with van der Waals surface area (Å²) in [6, 6.07) is 0.146. The van der Waals surface area contributed by atoms with Gasteiger partial charge in [0.1, 0.15) is 0 Å². The van der Waals surface area contributed by atoms with Crippen molar-refractivity contribution in [1.82, 2.24) is 24.5 Å². The van der Waals surface area contributed by atoms with Crippen LogP contribution in [0.4, 0.5) is 20.2 Å². The molecule has 12 nitrogen and oxygen atoms in total. The predicted octanol–water partition coefficient (Wildman–Crippen LogP) is 3.45. The maximum Gasteiger partial charge on any atom is 0.435 e. The number of amides is 3. The number of nitrogens with one attached hydrogen (secondary N) is 1. The van der Waals surface area contributed by atoms with E-state index in [-0.39, 0.29) is 43.7 Å². The number of urea groups is 1. The molecule has 3 aliphatic rings. The minimum absolute atomic E-state index is 0.0248. The number of ether oxygens (including phenoxy) is 3. The van der Waals surface area contributed by atoms with Gasteiger partial charge in [0.2, 0.25) is 0 Å². The van der Waals surface area contributed by atoms with Crippen LogP contribution in [0.3, 0.4) is 0 Å². The molecular formula is C26H42N6O6. The fourth-order valence-corrected chi connectivity index (χ4v) is 5.83. The van der Waals surface area contributed by atoms with Crippen molar-refractivity contribution in [3.8, 4) is 0 Å². The van der Waals surface area contributed by atoms with Crippen molar-refractivity contribution >= 4 is 24.0 Å². The summed E-state index contributed by atoms with van der Waals surface area (Å²) >= 11 is 0. The molecule has 2 fully saturated rings. The number of rotatable bonds is 5. The van der Waals surface area contributed by atoms with Gasteiger partial charge in [-0.05, 0) is 60.3 Å². The van der Waals surface area contributed by atoms with Crippen molar-refractivity contribution < 1.29 is 28.6 Å². The second kappa shape index (κ2) is 11.5. The molecule has 0 spiro atoms. The van der Waals surface area contributed by atoms with E-state index in [9.17, 15) is 14.4 Å². The number of carbonyl (C=O) groups is 3. The number of nitrogens with zero attached hydrogens (tertiary/aromatic N) is 5. The highest BCUT2D eigenvalue weighted by molar-refractivity contribution is 5.87. The van der Waals surface area contributed by atoms with E-state index in [1.807, 2.05) is 18.7 Å². The van der Waals surface area contributed by atoms with E-state index in [1.54, 1.807) is 18.7 Å². The van der Waals surface area contributed by atoms with Crippen molar-refractivity contribution in [3.63, 3.8) is 0 Å². The van der Waals surface area contributed by atoms with Gasteiger partial charge in [-0.25, -0.2) is 14.4 Å². The number of carbonyl (C=O) groups excluding carboxylic acids is 3. The second-order valence-electron chi connectivity index (χ2n) is 10.9. The summed E-state index contributed by atoms with van der Waals surface area (Å²) in [5.74, 6) is 0.821. The van der Waals surface area contributed by atoms with Crippen LogP contribution in [0.15, 0.2) is 0 Å². The van der Waals surface area contributed by atoms with Crippen molar-refractivity contribution in [2.45, 2.75) is 78.6 Å². The van der Waals surface area contributed by atoms with Crippen molar-refractivity contribution in [1.29, 1.82) is 0 Å². The molecule has 2 atom stereocenters. The van der Waals surface area contributed by atoms with Crippen LogP contribution in [0.2, 0.25) is 0 Å². The maximum absolute atomic E-state index is 14.0. The Morgan fingerprint density at radius 1 is 1.05 bits per heavy atom. The van der Waals surface area contributed by atoms with E-state index in [2.05, 4.69) is 29.2 Å². The molecule has 12 heteroatoms. The third-order valence-corrected chi connectivity index (χ3v) is 7.92. The summed E-state index contributed by atoms with van der Waals surface area (Å²) < 4.78 is 16.9. The Kier molecular flexibility index (Phi) is 8.51. The first-order valence-electron chi connectivity index (χ1n) is 13.7. The summed E-state index contributed by atoms with van der Waals surface area (Å²) in [6.07, 6.45) is 0.835. The molecule has 0 bridgehead atoms. The van der Waals surface area contributed by atoms with Crippen molar-refractivity contribution in [2.24, 2.45) is 5.92 Å². The Balaban J connectivity index is 1.54. The van der Waals surface area contributed by atoms with Crippen LogP contribution in [0.25, 0.3) is 0 Å². The third-order valence-electron chi connectivity index (χ3n) is 7.92. The lowest BCUT2D eigenvalue weighted by Crippen LogP contribution is -2.62. The fourth-order valence-electron chi connectivity index (χ4n) is 5.83. The van der Waals surface area contributed by atoms with E-state index < -0.39 is 17.7 Å². The average Bonchev–Trinajstić information content (AvgIpc) is 3.36. The zero-order chi connectivity index (χ0) is 27.6. The molecule has 0 saturated carbocycles. The van der Waals surface area contributed by atoms with E-state index in [0.717, 1.165) is 43.8 Å². The molecule has 4 rings (SSSR count). The lowest BCUT2D eigenvalue weighted by atomic mass is 9.97. The van der Waals surface area contributed by atoms with Crippen LogP contribution in [0, 0.1) is 5.92 Å². The molecular weight excluding hydrogens is 492 g/mol. The number of fused-ring (bicyclic) bond motifs is 1. The van der Waals surface area contributed by atoms with Gasteiger partial charge in [-0.3, -0.25) is 10.2 Å². The predicted molar refractivity (Wildman–Crippen MR) is 140 cm³/mol. The van der Waals surface area contributed by atoms with Gasteiger partial charge >= 0.3 is 18.2 Å². The standard InChI is InChI=1S/C26H42N6O6/c1-7-37-23(33)27-22-20-16-31(26(5,6)21(20)32(28-22)25(35)38-8-2)24(34)30-14-17(3)29(13-18(30)4)15-19-9-11-36-12-10-19/h17-19H,7-16H2,1-6H3,(H,27,28,33)/t17-,18-/m0/s1. The Morgan fingerprint density at radius 3 is 2.39 bits per heavy atom. The van der Waals surface area contributed by atoms with E-state index in [4.69, 9.17) is 14.2 Å². The lowest BCUT2D eigenvalue weighted by molar-refractivity contribution is 0.00860. The highest BCUT2D eigenvalue weighted by atomic mass is 16.6. The van der Waals surface area contributed by atoms with Gasteiger partial charge in [-0.2, -0.15) is 4.68 Å². The van der Waals surface area contributed by atoms with Gasteiger partial charge in [0.05, 0.1) is 31.0 Å². The van der Waals surface area contributed by atoms with Crippen LogP contribution in [0.5, 0.6) is 0 Å². The Bertz CT molecular complexity index is 1040. The summed E-state index contributed by atoms with van der Waals surface area (Å²) in [4.78, 5) is 45.2. The largest absolute Gasteiger partial charge is 0.450 e. The Hall–Kier alpha value is -2.86. The average molecular weight is 535 g/mol. The van der Waals surface area contributed by atoms with Gasteiger partial charge in [-0.1, -0.05) is 0 Å². The molecule has 0 unspecified atom stereocenters. The lowest BCUT2D eigenvalue weighted by Gasteiger charge is -2.47. The SMILES string of the molecule is CCOC(=O)Nc1nn(C(=O)OCC)c2c1CN(C(=O)N1C[C@H](C)N(CC3CCOCC3)C[C@@H]1C)C2(C)C. The second-order valence-corrected chi connectivity index (χ2v) is 10.9. The number of aromatic nitrogens is 2. The highest BCUT2D eigenvalue weighted by Gasteiger charge is 2.49. The molecule has 3 amide bonds. The summed E-state index contributed by atoms with van der Waals surface area (Å²) in [6.45, 7) is 16.1. The first-order valence-corrected chi connectivity index (χ1v) is 13.7. The van der Waals surface area contributed by atoms with Crippen LogP contribution in [0.1, 0.15) is 65.6 Å². The van der Waals surface area contributed by atoms with Gasteiger partial charge < -0.3 is 24.0 Å². The molecule has 3 aliphatic heterocycles. The van der Waals surface area contributed by atoms with Crippen LogP contribution in [-0.4, -0.2) is 101 Å². The van der Waals surface area contributed by atoms with Gasteiger partial charge in [0, 0.05) is 50.5 Å². The molecule has 4 heterocycles.